The van der Waals surface area contributed by atoms with E-state index in [2.05, 4.69) is 24.8 Å². The minimum absolute atomic E-state index is 0.582. The molecule has 0 atom stereocenters. The molecular formula is C17H21N5O2. The van der Waals surface area contributed by atoms with Gasteiger partial charge in [-0.15, -0.1) is 0 Å². The molecule has 0 spiro atoms. The Bertz CT molecular complexity index is 831. The summed E-state index contributed by atoms with van der Waals surface area (Å²) in [5, 5.41) is 3.32. The van der Waals surface area contributed by atoms with Gasteiger partial charge < -0.3 is 19.4 Å². The molecule has 0 saturated carbocycles. The first-order valence-corrected chi connectivity index (χ1v) is 7.77. The number of rotatable bonds is 7. The van der Waals surface area contributed by atoms with Crippen LogP contribution in [0.1, 0.15) is 11.5 Å². The Morgan fingerprint density at radius 3 is 2.88 bits per heavy atom. The molecule has 3 rings (SSSR count). The zero-order valence-corrected chi connectivity index (χ0v) is 14.1. The first-order chi connectivity index (χ1) is 11.7. The fourth-order valence-corrected chi connectivity index (χ4v) is 2.64. The highest BCUT2D eigenvalue weighted by molar-refractivity contribution is 5.86. The van der Waals surface area contributed by atoms with Crippen molar-refractivity contribution in [3.8, 4) is 5.75 Å². The molecule has 0 aromatic carbocycles. The zero-order valence-electron chi connectivity index (χ0n) is 14.1. The number of nitrogens with one attached hydrogen (secondary N) is 1. The number of hydrogen-bond donors (Lipinski definition) is 1. The molecule has 0 unspecified atom stereocenters. The van der Waals surface area contributed by atoms with Crippen molar-refractivity contribution in [2.75, 3.05) is 32.7 Å². The number of methoxy groups -OCH3 is 2. The number of fused-ring (bicyclic) bond motifs is 1. The highest BCUT2D eigenvalue weighted by Crippen LogP contribution is 2.24. The van der Waals surface area contributed by atoms with Gasteiger partial charge in [0, 0.05) is 26.0 Å². The van der Waals surface area contributed by atoms with Crippen LogP contribution in [0.4, 0.5) is 5.82 Å². The highest BCUT2D eigenvalue weighted by atomic mass is 16.5. The van der Waals surface area contributed by atoms with Crippen LogP contribution in [-0.4, -0.2) is 46.9 Å². The average molecular weight is 327 g/mol. The van der Waals surface area contributed by atoms with Crippen molar-refractivity contribution in [2.45, 2.75) is 13.5 Å². The van der Waals surface area contributed by atoms with Gasteiger partial charge in [0.25, 0.3) is 0 Å². The summed E-state index contributed by atoms with van der Waals surface area (Å²) >= 11 is 0. The van der Waals surface area contributed by atoms with Gasteiger partial charge in [0.05, 0.1) is 25.8 Å². The number of anilines is 1. The monoisotopic (exact) mass is 327 g/mol. The third-order valence-electron chi connectivity index (χ3n) is 3.71. The Morgan fingerprint density at radius 2 is 2.08 bits per heavy atom. The predicted molar refractivity (Wildman–Crippen MR) is 92.5 cm³/mol. The second kappa shape index (κ2) is 7.27. The van der Waals surface area contributed by atoms with Crippen LogP contribution in [0.3, 0.4) is 0 Å². The number of aromatic nitrogens is 4. The van der Waals surface area contributed by atoms with E-state index in [1.807, 2.05) is 31.3 Å². The molecule has 0 aliphatic heterocycles. The van der Waals surface area contributed by atoms with Crippen LogP contribution < -0.4 is 10.1 Å². The van der Waals surface area contributed by atoms with Gasteiger partial charge in [0.2, 0.25) is 0 Å². The van der Waals surface area contributed by atoms with Crippen molar-refractivity contribution in [1.82, 2.24) is 19.5 Å². The van der Waals surface area contributed by atoms with Crippen LogP contribution in [0.15, 0.2) is 30.6 Å². The van der Waals surface area contributed by atoms with Gasteiger partial charge in [-0.2, -0.15) is 0 Å². The lowest BCUT2D eigenvalue weighted by atomic mass is 10.3. The van der Waals surface area contributed by atoms with Gasteiger partial charge >= 0.3 is 0 Å². The SMILES string of the molecule is COCCNc1nc(C)nc2ccn(Cc3ncccc3OC)c12. The van der Waals surface area contributed by atoms with Crippen LogP contribution in [0.25, 0.3) is 11.0 Å². The van der Waals surface area contributed by atoms with Gasteiger partial charge in [-0.05, 0) is 25.1 Å². The highest BCUT2D eigenvalue weighted by Gasteiger charge is 2.13. The summed E-state index contributed by atoms with van der Waals surface area (Å²) in [6.07, 6.45) is 3.76. The van der Waals surface area contributed by atoms with E-state index in [0.717, 1.165) is 34.1 Å². The van der Waals surface area contributed by atoms with Crippen LogP contribution in [0, 0.1) is 6.92 Å². The summed E-state index contributed by atoms with van der Waals surface area (Å²) in [5.74, 6) is 2.30. The van der Waals surface area contributed by atoms with Crippen molar-refractivity contribution in [3.05, 3.63) is 42.1 Å². The minimum Gasteiger partial charge on any atom is -0.495 e. The Kier molecular flexibility index (Phi) is 4.90. The summed E-state index contributed by atoms with van der Waals surface area (Å²) in [4.78, 5) is 13.5. The van der Waals surface area contributed by atoms with Gasteiger partial charge in [-0.1, -0.05) is 0 Å². The third-order valence-corrected chi connectivity index (χ3v) is 3.71. The maximum Gasteiger partial charge on any atom is 0.154 e. The Morgan fingerprint density at radius 1 is 1.21 bits per heavy atom. The van der Waals surface area contributed by atoms with Crippen molar-refractivity contribution in [2.24, 2.45) is 0 Å². The van der Waals surface area contributed by atoms with E-state index in [9.17, 15) is 0 Å². The molecular weight excluding hydrogens is 306 g/mol. The lowest BCUT2D eigenvalue weighted by Crippen LogP contribution is -2.12. The van der Waals surface area contributed by atoms with Crippen LogP contribution in [0.2, 0.25) is 0 Å². The van der Waals surface area contributed by atoms with Crippen molar-refractivity contribution < 1.29 is 9.47 Å². The largest absolute Gasteiger partial charge is 0.495 e. The fraction of sp³-hybridized carbons (Fsp3) is 0.353. The predicted octanol–water partition coefficient (Wildman–Crippen LogP) is 2.25. The summed E-state index contributed by atoms with van der Waals surface area (Å²) in [6.45, 7) is 3.76. The van der Waals surface area contributed by atoms with E-state index < -0.39 is 0 Å². The van der Waals surface area contributed by atoms with Crippen molar-refractivity contribution >= 4 is 16.9 Å². The Balaban J connectivity index is 1.99. The molecule has 0 fully saturated rings. The van der Waals surface area contributed by atoms with E-state index in [-0.39, 0.29) is 0 Å². The smallest absolute Gasteiger partial charge is 0.154 e. The molecule has 3 aromatic rings. The first kappa shape index (κ1) is 16.2. The molecule has 1 N–H and O–H groups in total. The standard InChI is InChI=1S/C17H21N5O2/c1-12-20-13-6-9-22(11-14-15(24-3)5-4-7-18-14)16(13)17(21-12)19-8-10-23-2/h4-7,9H,8,10-11H2,1-3H3,(H,19,20,21). The summed E-state index contributed by atoms with van der Waals surface area (Å²) in [7, 11) is 3.33. The maximum atomic E-state index is 5.40. The molecule has 0 aliphatic carbocycles. The van der Waals surface area contributed by atoms with E-state index >= 15 is 0 Å². The number of ether oxygens (including phenoxy) is 2. The molecule has 3 heterocycles. The van der Waals surface area contributed by atoms with Crippen LogP contribution >= 0.6 is 0 Å². The van der Waals surface area contributed by atoms with Crippen molar-refractivity contribution in [3.63, 3.8) is 0 Å². The molecule has 7 nitrogen and oxygen atoms in total. The van der Waals surface area contributed by atoms with Gasteiger partial charge in [-0.25, -0.2) is 9.97 Å². The lowest BCUT2D eigenvalue weighted by molar-refractivity contribution is 0.210. The second-order valence-corrected chi connectivity index (χ2v) is 5.37. The van der Waals surface area contributed by atoms with Gasteiger partial charge in [-0.3, -0.25) is 4.98 Å². The summed E-state index contributed by atoms with van der Waals surface area (Å²) in [5.41, 5.74) is 2.71. The van der Waals surface area contributed by atoms with Crippen LogP contribution in [-0.2, 0) is 11.3 Å². The number of hydrogen-bond acceptors (Lipinski definition) is 6. The molecule has 7 heteroatoms. The van der Waals surface area contributed by atoms with Crippen LogP contribution in [0.5, 0.6) is 5.75 Å². The number of pyridine rings is 1. The summed E-state index contributed by atoms with van der Waals surface area (Å²) < 4.78 is 12.6. The van der Waals surface area contributed by atoms with E-state index in [1.54, 1.807) is 20.4 Å². The second-order valence-electron chi connectivity index (χ2n) is 5.37. The van der Waals surface area contributed by atoms with E-state index in [1.165, 1.54) is 0 Å². The molecule has 0 aliphatic rings. The average Bonchev–Trinajstić information content (AvgIpc) is 2.98. The minimum atomic E-state index is 0.582. The zero-order chi connectivity index (χ0) is 16.9. The van der Waals surface area contributed by atoms with E-state index in [4.69, 9.17) is 9.47 Å². The number of nitrogens with zero attached hydrogens (tertiary/aromatic N) is 4. The third kappa shape index (κ3) is 3.30. The molecule has 0 saturated heterocycles. The van der Waals surface area contributed by atoms with E-state index in [0.29, 0.717) is 19.7 Å². The van der Waals surface area contributed by atoms with Crippen molar-refractivity contribution in [1.29, 1.82) is 0 Å². The Hall–Kier alpha value is -2.67. The normalized spacial score (nSPS) is 11.0. The molecule has 0 amide bonds. The molecule has 24 heavy (non-hydrogen) atoms. The first-order valence-electron chi connectivity index (χ1n) is 7.77. The topological polar surface area (TPSA) is 74.1 Å². The molecule has 3 aromatic heterocycles. The molecule has 0 radical (unpaired) electrons. The lowest BCUT2D eigenvalue weighted by Gasteiger charge is -2.12. The quantitative estimate of drug-likeness (QED) is 0.671. The molecule has 126 valence electrons. The van der Waals surface area contributed by atoms with Gasteiger partial charge in [0.1, 0.15) is 22.8 Å². The molecule has 0 bridgehead atoms. The Labute approximate surface area is 140 Å². The maximum absolute atomic E-state index is 5.40. The number of aryl methyl sites for hydroxylation is 1. The van der Waals surface area contributed by atoms with Gasteiger partial charge in [0.15, 0.2) is 5.82 Å². The summed E-state index contributed by atoms with van der Waals surface area (Å²) in [6, 6.07) is 5.76. The fourth-order valence-electron chi connectivity index (χ4n) is 2.64.